The summed E-state index contributed by atoms with van der Waals surface area (Å²) in [7, 11) is -3.08. The van der Waals surface area contributed by atoms with Crippen molar-refractivity contribution in [1.29, 1.82) is 0 Å². The smallest absolute Gasteiger partial charge is 0.250 e. The Bertz CT molecular complexity index is 747. The third-order valence-electron chi connectivity index (χ3n) is 3.88. The van der Waals surface area contributed by atoms with Crippen LogP contribution in [-0.2, 0) is 19.4 Å². The minimum absolute atomic E-state index is 0.0578. The van der Waals surface area contributed by atoms with Gasteiger partial charge in [0.1, 0.15) is 0 Å². The Morgan fingerprint density at radius 1 is 1.41 bits per heavy atom. The Kier molecular flexibility index (Phi) is 3.68. The number of thioether (sulfide) groups is 1. The molecule has 2 heterocycles. The van der Waals surface area contributed by atoms with Gasteiger partial charge in [-0.2, -0.15) is 0 Å². The molecule has 0 aliphatic carbocycles. The van der Waals surface area contributed by atoms with Gasteiger partial charge in [-0.1, -0.05) is 23.9 Å². The first-order valence-electron chi connectivity index (χ1n) is 6.91. The molecule has 0 radical (unpaired) electrons. The Labute approximate surface area is 133 Å². The Balaban J connectivity index is 1.78. The van der Waals surface area contributed by atoms with Crippen LogP contribution in [0.25, 0.3) is 0 Å². The second-order valence-electron chi connectivity index (χ2n) is 5.66. The number of nitrogens with one attached hydrogen (secondary N) is 2. The number of sulfone groups is 1. The lowest BCUT2D eigenvalue weighted by Crippen LogP contribution is -2.54. The normalized spacial score (nSPS) is 29.5. The summed E-state index contributed by atoms with van der Waals surface area (Å²) < 4.78 is 21.6. The van der Waals surface area contributed by atoms with Gasteiger partial charge in [-0.3, -0.25) is 9.59 Å². The van der Waals surface area contributed by atoms with Crippen LogP contribution < -0.4 is 10.6 Å². The SMILES string of the molecule is CC1(C(=O)NC2CCS(=O)(=O)C2)Sc2ccccc2NC1=O. The van der Waals surface area contributed by atoms with Crippen molar-refractivity contribution < 1.29 is 18.0 Å². The van der Waals surface area contributed by atoms with Crippen LogP contribution in [0.4, 0.5) is 5.69 Å². The highest BCUT2D eigenvalue weighted by Crippen LogP contribution is 2.42. The van der Waals surface area contributed by atoms with Crippen LogP contribution in [-0.4, -0.2) is 42.5 Å². The van der Waals surface area contributed by atoms with Crippen molar-refractivity contribution in [3.8, 4) is 0 Å². The summed E-state index contributed by atoms with van der Waals surface area (Å²) in [6.07, 6.45) is 0.396. The first kappa shape index (κ1) is 15.4. The van der Waals surface area contributed by atoms with Gasteiger partial charge in [-0.25, -0.2) is 8.42 Å². The van der Waals surface area contributed by atoms with Gasteiger partial charge in [0.2, 0.25) is 11.8 Å². The van der Waals surface area contributed by atoms with Gasteiger partial charge in [0.15, 0.2) is 14.6 Å². The highest BCUT2D eigenvalue weighted by atomic mass is 32.2. The zero-order valence-corrected chi connectivity index (χ0v) is 13.6. The zero-order chi connectivity index (χ0) is 16.0. The molecule has 1 saturated heterocycles. The van der Waals surface area contributed by atoms with E-state index in [1.54, 1.807) is 13.0 Å². The number of hydrogen-bond donors (Lipinski definition) is 2. The van der Waals surface area contributed by atoms with Gasteiger partial charge in [0.05, 0.1) is 17.2 Å². The average Bonchev–Trinajstić information content (AvgIpc) is 2.79. The van der Waals surface area contributed by atoms with Crippen molar-refractivity contribution >= 4 is 39.1 Å². The molecule has 0 bridgehead atoms. The molecule has 2 N–H and O–H groups in total. The van der Waals surface area contributed by atoms with E-state index in [4.69, 9.17) is 0 Å². The monoisotopic (exact) mass is 340 g/mol. The zero-order valence-electron chi connectivity index (χ0n) is 12.0. The third kappa shape index (κ3) is 2.72. The lowest BCUT2D eigenvalue weighted by atomic mass is 10.1. The molecule has 3 rings (SSSR count). The molecule has 2 unspecified atom stereocenters. The Morgan fingerprint density at radius 2 is 2.14 bits per heavy atom. The van der Waals surface area contributed by atoms with Crippen LogP contribution in [0, 0.1) is 0 Å². The van der Waals surface area contributed by atoms with E-state index >= 15 is 0 Å². The number of fused-ring (bicyclic) bond motifs is 1. The van der Waals surface area contributed by atoms with Crippen LogP contribution in [0.3, 0.4) is 0 Å². The quantitative estimate of drug-likeness (QED) is 0.777. The number of para-hydroxylation sites is 1. The highest BCUT2D eigenvalue weighted by molar-refractivity contribution is 8.02. The largest absolute Gasteiger partial charge is 0.351 e. The van der Waals surface area contributed by atoms with Crippen LogP contribution >= 0.6 is 11.8 Å². The lowest BCUT2D eigenvalue weighted by molar-refractivity contribution is -0.130. The fourth-order valence-electron chi connectivity index (χ4n) is 2.55. The minimum atomic E-state index is -3.08. The molecule has 118 valence electrons. The number of rotatable bonds is 2. The van der Waals surface area contributed by atoms with Crippen molar-refractivity contribution in [2.24, 2.45) is 0 Å². The maximum Gasteiger partial charge on any atom is 0.250 e. The van der Waals surface area contributed by atoms with Crippen LogP contribution in [0.15, 0.2) is 29.2 Å². The number of carbonyl (C=O) groups excluding carboxylic acids is 2. The predicted octanol–water partition coefficient (Wildman–Crippen LogP) is 0.793. The van der Waals surface area contributed by atoms with Gasteiger partial charge < -0.3 is 10.6 Å². The topological polar surface area (TPSA) is 92.3 Å². The number of hydrogen-bond acceptors (Lipinski definition) is 5. The average molecular weight is 340 g/mol. The van der Waals surface area contributed by atoms with Gasteiger partial charge in [-0.15, -0.1) is 0 Å². The molecular weight excluding hydrogens is 324 g/mol. The first-order chi connectivity index (χ1) is 10.3. The molecule has 8 heteroatoms. The van der Waals surface area contributed by atoms with Gasteiger partial charge in [-0.05, 0) is 25.5 Å². The second kappa shape index (κ2) is 5.27. The fourth-order valence-corrected chi connectivity index (χ4v) is 5.33. The van der Waals surface area contributed by atoms with Gasteiger partial charge in [0.25, 0.3) is 0 Å². The van der Waals surface area contributed by atoms with E-state index in [1.165, 1.54) is 11.8 Å². The van der Waals surface area contributed by atoms with Crippen molar-refractivity contribution in [2.75, 3.05) is 16.8 Å². The van der Waals surface area contributed by atoms with E-state index in [0.29, 0.717) is 12.1 Å². The molecule has 2 aliphatic heterocycles. The Morgan fingerprint density at radius 3 is 2.82 bits per heavy atom. The Hall–Kier alpha value is -1.54. The van der Waals surface area contributed by atoms with E-state index in [1.807, 2.05) is 18.2 Å². The summed E-state index contributed by atoms with van der Waals surface area (Å²) in [5.74, 6) is -0.824. The summed E-state index contributed by atoms with van der Waals surface area (Å²) in [5.41, 5.74) is 0.686. The summed E-state index contributed by atoms with van der Waals surface area (Å²) >= 11 is 1.19. The maximum absolute atomic E-state index is 12.5. The molecule has 0 aromatic heterocycles. The van der Waals surface area contributed by atoms with E-state index in [2.05, 4.69) is 10.6 Å². The highest BCUT2D eigenvalue weighted by Gasteiger charge is 2.47. The summed E-state index contributed by atoms with van der Waals surface area (Å²) in [6, 6.07) is 6.85. The van der Waals surface area contributed by atoms with E-state index in [-0.39, 0.29) is 11.5 Å². The third-order valence-corrected chi connectivity index (χ3v) is 7.01. The number of amides is 2. The molecular formula is C14H16N2O4S2. The van der Waals surface area contributed by atoms with Crippen LogP contribution in [0.5, 0.6) is 0 Å². The first-order valence-corrected chi connectivity index (χ1v) is 9.55. The number of anilines is 1. The molecule has 1 fully saturated rings. The molecule has 1 aromatic carbocycles. The standard InChI is InChI=1S/C14H16N2O4S2/c1-14(12(17)15-9-6-7-22(19,20)8-9)13(18)16-10-4-2-3-5-11(10)21-14/h2-5,9H,6-8H2,1H3,(H,15,17)(H,16,18). The maximum atomic E-state index is 12.5. The minimum Gasteiger partial charge on any atom is -0.351 e. The van der Waals surface area contributed by atoms with Gasteiger partial charge in [0, 0.05) is 10.9 Å². The molecule has 2 amide bonds. The molecule has 2 atom stereocenters. The van der Waals surface area contributed by atoms with Crippen molar-refractivity contribution in [2.45, 2.75) is 29.0 Å². The van der Waals surface area contributed by atoms with E-state index in [0.717, 1.165) is 4.90 Å². The molecule has 6 nitrogen and oxygen atoms in total. The summed E-state index contributed by atoms with van der Waals surface area (Å²) in [6.45, 7) is 1.56. The van der Waals surface area contributed by atoms with Crippen molar-refractivity contribution in [3.63, 3.8) is 0 Å². The number of benzene rings is 1. The predicted molar refractivity (Wildman–Crippen MR) is 84.5 cm³/mol. The van der Waals surface area contributed by atoms with E-state index in [9.17, 15) is 18.0 Å². The van der Waals surface area contributed by atoms with Crippen LogP contribution in [0.1, 0.15) is 13.3 Å². The van der Waals surface area contributed by atoms with E-state index < -0.39 is 32.4 Å². The number of carbonyl (C=O) groups is 2. The second-order valence-corrected chi connectivity index (χ2v) is 9.35. The summed E-state index contributed by atoms with van der Waals surface area (Å²) in [4.78, 5) is 25.6. The molecule has 2 aliphatic rings. The molecule has 0 spiro atoms. The molecule has 1 aromatic rings. The van der Waals surface area contributed by atoms with Gasteiger partial charge >= 0.3 is 0 Å². The fraction of sp³-hybridized carbons (Fsp3) is 0.429. The van der Waals surface area contributed by atoms with Crippen LogP contribution in [0.2, 0.25) is 0 Å². The lowest BCUT2D eigenvalue weighted by Gasteiger charge is -2.32. The molecule has 0 saturated carbocycles. The molecule has 22 heavy (non-hydrogen) atoms. The van der Waals surface area contributed by atoms with Crippen molar-refractivity contribution in [1.82, 2.24) is 5.32 Å². The van der Waals surface area contributed by atoms with Crippen molar-refractivity contribution in [3.05, 3.63) is 24.3 Å². The summed E-state index contributed by atoms with van der Waals surface area (Å²) in [5, 5.41) is 5.44.